The van der Waals surface area contributed by atoms with Crippen LogP contribution in [-0.2, 0) is 11.3 Å². The Morgan fingerprint density at radius 2 is 1.35 bits per heavy atom. The van der Waals surface area contributed by atoms with E-state index < -0.39 is 0 Å². The number of aryl methyl sites for hydroxylation is 3. The van der Waals surface area contributed by atoms with Crippen molar-refractivity contribution in [2.45, 2.75) is 46.2 Å². The maximum absolute atomic E-state index is 5.64. The fraction of sp³-hybridized carbons (Fsp3) is 0.200. The van der Waals surface area contributed by atoms with Crippen molar-refractivity contribution < 1.29 is 4.74 Å². The van der Waals surface area contributed by atoms with Gasteiger partial charge in [-0.3, -0.25) is 9.97 Å². The molecule has 0 aliphatic carbocycles. The van der Waals surface area contributed by atoms with Gasteiger partial charge in [0, 0.05) is 66.0 Å². The Hall–Kier alpha value is -5.92. The fourth-order valence-electron chi connectivity index (χ4n) is 7.78. The highest BCUT2D eigenvalue weighted by Gasteiger charge is 2.20. The van der Waals surface area contributed by atoms with Crippen LogP contribution in [0.25, 0.3) is 78.0 Å². The lowest BCUT2D eigenvalue weighted by atomic mass is 9.92. The number of hydrogen-bond donors (Lipinski definition) is 0. The predicted octanol–water partition coefficient (Wildman–Crippen LogP) is 10.5. The van der Waals surface area contributed by atoms with E-state index in [9.17, 15) is 0 Å². The summed E-state index contributed by atoms with van der Waals surface area (Å²) in [6, 6.07) is 35.2. The lowest BCUT2D eigenvalue weighted by Gasteiger charge is -2.24. The Morgan fingerprint density at radius 3 is 2.15 bits per heavy atom. The zero-order valence-electron chi connectivity index (χ0n) is 29.8. The van der Waals surface area contributed by atoms with E-state index in [1.54, 1.807) is 0 Å². The minimum absolute atomic E-state index is 0.404. The standard InChI is InChI=1S/C45H40N6O/c1-4-50-27-48-40-14-12-32(24-42(40)50)39-23-35(26-47-45(39)33-8-5-7-29(2)21-33)37-13-10-34(22-30(37)3)44-38(9-6-18-46-44)31-11-15-41-43(25-31)51(28-49-41)36-16-19-52-20-17-36/h5-15,18,21-28,36H,4,16-17,19-20H2,1-3H3. The van der Waals surface area contributed by atoms with E-state index in [1.165, 1.54) is 5.56 Å². The van der Waals surface area contributed by atoms with Gasteiger partial charge < -0.3 is 13.9 Å². The summed E-state index contributed by atoms with van der Waals surface area (Å²) in [7, 11) is 0. The van der Waals surface area contributed by atoms with Crippen molar-refractivity contribution in [3.05, 3.63) is 133 Å². The molecule has 0 atom stereocenters. The Balaban J connectivity index is 1.11. The van der Waals surface area contributed by atoms with Crippen LogP contribution in [-0.4, -0.2) is 42.3 Å². The molecule has 0 bridgehead atoms. The van der Waals surface area contributed by atoms with E-state index in [-0.39, 0.29) is 0 Å². The molecule has 1 fully saturated rings. The molecule has 7 heteroatoms. The smallest absolute Gasteiger partial charge is 0.0960 e. The Morgan fingerprint density at radius 1 is 0.615 bits per heavy atom. The molecule has 4 aromatic carbocycles. The maximum atomic E-state index is 5.64. The highest BCUT2D eigenvalue weighted by molar-refractivity contribution is 5.91. The molecule has 0 unspecified atom stereocenters. The molecule has 9 rings (SSSR count). The van der Waals surface area contributed by atoms with Gasteiger partial charge in [-0.15, -0.1) is 0 Å². The molecule has 52 heavy (non-hydrogen) atoms. The highest BCUT2D eigenvalue weighted by Crippen LogP contribution is 2.39. The van der Waals surface area contributed by atoms with E-state index in [1.807, 2.05) is 31.1 Å². The Labute approximate surface area is 303 Å². The number of ether oxygens (including phenoxy) is 1. The van der Waals surface area contributed by atoms with Crippen molar-refractivity contribution in [2.75, 3.05) is 13.2 Å². The van der Waals surface area contributed by atoms with Gasteiger partial charge in [-0.2, -0.15) is 0 Å². The summed E-state index contributed by atoms with van der Waals surface area (Å²) in [5, 5.41) is 0. The average molecular weight is 681 g/mol. The van der Waals surface area contributed by atoms with Crippen LogP contribution in [0.3, 0.4) is 0 Å². The molecule has 256 valence electrons. The van der Waals surface area contributed by atoms with Crippen LogP contribution in [0, 0.1) is 13.8 Å². The van der Waals surface area contributed by atoms with E-state index in [0.29, 0.717) is 6.04 Å². The molecular formula is C45H40N6O. The van der Waals surface area contributed by atoms with Crippen molar-refractivity contribution in [3.63, 3.8) is 0 Å². The number of fused-ring (bicyclic) bond motifs is 2. The second-order valence-electron chi connectivity index (χ2n) is 13.9. The van der Waals surface area contributed by atoms with Crippen LogP contribution >= 0.6 is 0 Å². The third-order valence-electron chi connectivity index (χ3n) is 10.5. The Bertz CT molecular complexity index is 2590. The van der Waals surface area contributed by atoms with Crippen LogP contribution in [0.4, 0.5) is 0 Å². The zero-order chi connectivity index (χ0) is 35.2. The van der Waals surface area contributed by atoms with Gasteiger partial charge >= 0.3 is 0 Å². The molecule has 1 aliphatic heterocycles. The first-order chi connectivity index (χ1) is 25.5. The van der Waals surface area contributed by atoms with E-state index >= 15 is 0 Å². The van der Waals surface area contributed by atoms with E-state index in [2.05, 4.69) is 126 Å². The number of aromatic nitrogens is 6. The largest absolute Gasteiger partial charge is 0.381 e. The lowest BCUT2D eigenvalue weighted by Crippen LogP contribution is -2.18. The van der Waals surface area contributed by atoms with Gasteiger partial charge in [-0.25, -0.2) is 9.97 Å². The number of imidazole rings is 2. The number of pyridine rings is 2. The summed E-state index contributed by atoms with van der Waals surface area (Å²) in [6.45, 7) is 8.91. The zero-order valence-corrected chi connectivity index (χ0v) is 29.8. The van der Waals surface area contributed by atoms with Gasteiger partial charge in [-0.05, 0) is 104 Å². The number of hydrogen-bond acceptors (Lipinski definition) is 5. The number of rotatable bonds is 7. The molecule has 5 heterocycles. The van der Waals surface area contributed by atoms with E-state index in [4.69, 9.17) is 19.7 Å². The molecule has 1 saturated heterocycles. The fourth-order valence-corrected chi connectivity index (χ4v) is 7.78. The first-order valence-corrected chi connectivity index (χ1v) is 18.2. The summed E-state index contributed by atoms with van der Waals surface area (Å²) in [4.78, 5) is 19.4. The summed E-state index contributed by atoms with van der Waals surface area (Å²) in [6.07, 6.45) is 9.82. The van der Waals surface area contributed by atoms with Crippen LogP contribution in [0.2, 0.25) is 0 Å². The first kappa shape index (κ1) is 32.0. The predicted molar refractivity (Wildman–Crippen MR) is 210 cm³/mol. The van der Waals surface area contributed by atoms with Gasteiger partial charge in [0.1, 0.15) is 0 Å². The molecular weight excluding hydrogens is 641 g/mol. The Kier molecular flexibility index (Phi) is 8.20. The molecule has 0 spiro atoms. The minimum Gasteiger partial charge on any atom is -0.381 e. The van der Waals surface area contributed by atoms with Crippen LogP contribution in [0.15, 0.2) is 122 Å². The van der Waals surface area contributed by atoms with Crippen molar-refractivity contribution >= 4 is 22.1 Å². The normalized spacial score (nSPS) is 13.7. The molecule has 1 aliphatic rings. The van der Waals surface area contributed by atoms with Gasteiger partial charge in [0.2, 0.25) is 0 Å². The van der Waals surface area contributed by atoms with E-state index in [0.717, 1.165) is 116 Å². The number of nitrogens with zero attached hydrogens (tertiary/aromatic N) is 6. The minimum atomic E-state index is 0.404. The maximum Gasteiger partial charge on any atom is 0.0960 e. The lowest BCUT2D eigenvalue weighted by molar-refractivity contribution is 0.0706. The molecule has 0 radical (unpaired) electrons. The van der Waals surface area contributed by atoms with Gasteiger partial charge in [0.25, 0.3) is 0 Å². The van der Waals surface area contributed by atoms with Gasteiger partial charge in [0.05, 0.1) is 46.1 Å². The van der Waals surface area contributed by atoms with Gasteiger partial charge in [0.15, 0.2) is 0 Å². The summed E-state index contributed by atoms with van der Waals surface area (Å²) >= 11 is 0. The number of benzene rings is 4. The summed E-state index contributed by atoms with van der Waals surface area (Å²) < 4.78 is 10.2. The average Bonchev–Trinajstić information content (AvgIpc) is 3.81. The quantitative estimate of drug-likeness (QED) is 0.168. The monoisotopic (exact) mass is 680 g/mol. The van der Waals surface area contributed by atoms with Crippen molar-refractivity contribution in [2.24, 2.45) is 0 Å². The van der Waals surface area contributed by atoms with Crippen LogP contribution in [0.1, 0.15) is 36.9 Å². The SMILES string of the molecule is CCn1cnc2ccc(-c3cc(-c4ccc(-c5ncccc5-c5ccc6ncn(C7CCOCC7)c6c5)cc4C)cnc3-c3cccc(C)c3)cc21. The summed E-state index contributed by atoms with van der Waals surface area (Å²) in [5.41, 5.74) is 17.5. The van der Waals surface area contributed by atoms with Crippen LogP contribution < -0.4 is 0 Å². The van der Waals surface area contributed by atoms with Gasteiger partial charge in [-0.1, -0.05) is 54.1 Å². The van der Waals surface area contributed by atoms with Crippen LogP contribution in [0.5, 0.6) is 0 Å². The van der Waals surface area contributed by atoms with Crippen molar-refractivity contribution in [1.29, 1.82) is 0 Å². The third kappa shape index (κ3) is 5.77. The summed E-state index contributed by atoms with van der Waals surface area (Å²) in [5.74, 6) is 0. The van der Waals surface area contributed by atoms with Crippen molar-refractivity contribution in [1.82, 2.24) is 29.1 Å². The highest BCUT2D eigenvalue weighted by atomic mass is 16.5. The molecule has 8 aromatic rings. The first-order valence-electron chi connectivity index (χ1n) is 18.2. The third-order valence-corrected chi connectivity index (χ3v) is 10.5. The molecule has 4 aromatic heterocycles. The van der Waals surface area contributed by atoms with Crippen molar-refractivity contribution in [3.8, 4) is 55.9 Å². The molecule has 0 saturated carbocycles. The molecule has 0 amide bonds. The molecule has 7 nitrogen and oxygen atoms in total. The molecule has 0 N–H and O–H groups in total. The second-order valence-corrected chi connectivity index (χ2v) is 13.9. The second kappa shape index (κ2) is 13.3. The topological polar surface area (TPSA) is 70.7 Å².